The van der Waals surface area contributed by atoms with E-state index in [1.807, 2.05) is 0 Å². The highest BCUT2D eigenvalue weighted by Gasteiger charge is 2.16. The Morgan fingerprint density at radius 1 is 1.21 bits per heavy atom. The predicted octanol–water partition coefficient (Wildman–Crippen LogP) is 0.568. The Hall–Kier alpha value is -1.10. The minimum absolute atomic E-state index is 0.376. The van der Waals surface area contributed by atoms with Crippen LogP contribution >= 0.6 is 11.6 Å². The van der Waals surface area contributed by atoms with Crippen LogP contribution in [-0.2, 0) is 0 Å². The van der Waals surface area contributed by atoms with E-state index >= 15 is 0 Å². The van der Waals surface area contributed by atoms with Gasteiger partial charge in [-0.05, 0) is 17.6 Å². The van der Waals surface area contributed by atoms with Crippen molar-refractivity contribution < 1.29 is 10.0 Å². The van der Waals surface area contributed by atoms with Crippen LogP contribution < -0.4 is 5.46 Å². The molecule has 2 aromatic rings. The maximum atomic E-state index is 9.12. The van der Waals surface area contributed by atoms with Crippen molar-refractivity contribution in [2.45, 2.75) is 0 Å². The number of hydrogen-bond acceptors (Lipinski definition) is 3. The number of fused-ring (bicyclic) bond motifs is 1. The molecule has 0 amide bonds. The summed E-state index contributed by atoms with van der Waals surface area (Å²) in [4.78, 5) is 4.08. The standard InChI is InChI=1S/C9H7BClNO2/c11-7-4-5-12-8-3-1-2-6(9(7)8)10(13)14/h1-5,13-14H. The van der Waals surface area contributed by atoms with Crippen molar-refractivity contribution in [3.8, 4) is 0 Å². The van der Waals surface area contributed by atoms with Crippen LogP contribution in [0.3, 0.4) is 0 Å². The first-order chi connectivity index (χ1) is 6.70. The van der Waals surface area contributed by atoms with Gasteiger partial charge in [-0.2, -0.15) is 0 Å². The fraction of sp³-hybridized carbons (Fsp3) is 0. The van der Waals surface area contributed by atoms with Gasteiger partial charge in [0.05, 0.1) is 10.5 Å². The lowest BCUT2D eigenvalue weighted by atomic mass is 9.78. The van der Waals surface area contributed by atoms with Crippen LogP contribution in [0.1, 0.15) is 0 Å². The lowest BCUT2D eigenvalue weighted by Gasteiger charge is -2.05. The molecule has 2 rings (SSSR count). The minimum atomic E-state index is -1.53. The maximum Gasteiger partial charge on any atom is 0.489 e. The molecule has 0 saturated carbocycles. The normalized spacial score (nSPS) is 10.5. The molecule has 1 heterocycles. The minimum Gasteiger partial charge on any atom is -0.423 e. The second kappa shape index (κ2) is 3.57. The number of aromatic nitrogens is 1. The number of halogens is 1. The highest BCUT2D eigenvalue weighted by Crippen LogP contribution is 2.19. The SMILES string of the molecule is OB(O)c1cccc2nccc(Cl)c12. The first-order valence-electron chi connectivity index (χ1n) is 4.09. The number of benzene rings is 1. The average molecular weight is 207 g/mol. The number of pyridine rings is 1. The fourth-order valence-electron chi connectivity index (χ4n) is 1.41. The number of rotatable bonds is 1. The molecule has 0 radical (unpaired) electrons. The van der Waals surface area contributed by atoms with E-state index in [9.17, 15) is 0 Å². The van der Waals surface area contributed by atoms with Gasteiger partial charge in [-0.3, -0.25) is 4.98 Å². The van der Waals surface area contributed by atoms with Gasteiger partial charge in [0.25, 0.3) is 0 Å². The molecule has 0 bridgehead atoms. The monoisotopic (exact) mass is 207 g/mol. The van der Waals surface area contributed by atoms with Crippen LogP contribution in [0.4, 0.5) is 0 Å². The molecule has 0 aliphatic heterocycles. The molecule has 0 aliphatic carbocycles. The molecule has 0 saturated heterocycles. The van der Waals surface area contributed by atoms with Gasteiger partial charge in [0.2, 0.25) is 0 Å². The average Bonchev–Trinajstić information content (AvgIpc) is 2.17. The van der Waals surface area contributed by atoms with Crippen molar-refractivity contribution in [3.05, 3.63) is 35.5 Å². The summed E-state index contributed by atoms with van der Waals surface area (Å²) in [5, 5.41) is 19.3. The third kappa shape index (κ3) is 1.48. The Kier molecular flexibility index (Phi) is 2.41. The molecule has 1 aromatic heterocycles. The van der Waals surface area contributed by atoms with Crippen molar-refractivity contribution in [2.24, 2.45) is 0 Å². The van der Waals surface area contributed by atoms with E-state index < -0.39 is 7.12 Å². The second-order valence-corrected chi connectivity index (χ2v) is 3.32. The van der Waals surface area contributed by atoms with Crippen LogP contribution in [0.15, 0.2) is 30.5 Å². The summed E-state index contributed by atoms with van der Waals surface area (Å²) in [6, 6.07) is 6.71. The fourth-order valence-corrected chi connectivity index (χ4v) is 1.67. The van der Waals surface area contributed by atoms with E-state index in [-0.39, 0.29) is 0 Å². The van der Waals surface area contributed by atoms with Crippen LogP contribution in [0.5, 0.6) is 0 Å². The lowest BCUT2D eigenvalue weighted by Crippen LogP contribution is -2.30. The molecule has 3 nitrogen and oxygen atoms in total. The summed E-state index contributed by atoms with van der Waals surface area (Å²) in [5.74, 6) is 0. The summed E-state index contributed by atoms with van der Waals surface area (Å²) in [5.41, 5.74) is 1.03. The molecule has 0 aliphatic rings. The van der Waals surface area contributed by atoms with Gasteiger partial charge in [0, 0.05) is 11.6 Å². The summed E-state index contributed by atoms with van der Waals surface area (Å²) < 4.78 is 0. The molecule has 2 N–H and O–H groups in total. The van der Waals surface area contributed by atoms with Gasteiger partial charge in [-0.25, -0.2) is 0 Å². The molecule has 0 atom stereocenters. The molecule has 70 valence electrons. The maximum absolute atomic E-state index is 9.12. The smallest absolute Gasteiger partial charge is 0.423 e. The van der Waals surface area contributed by atoms with Crippen molar-refractivity contribution in [1.29, 1.82) is 0 Å². The quantitative estimate of drug-likeness (QED) is 0.672. The zero-order chi connectivity index (χ0) is 10.1. The third-order valence-electron chi connectivity index (χ3n) is 2.03. The molecular formula is C9H7BClNO2. The predicted molar refractivity (Wildman–Crippen MR) is 56.6 cm³/mol. The van der Waals surface area contributed by atoms with Crippen LogP contribution in [0.25, 0.3) is 10.9 Å². The van der Waals surface area contributed by atoms with Crippen molar-refractivity contribution in [1.82, 2.24) is 4.98 Å². The topological polar surface area (TPSA) is 53.4 Å². The van der Waals surface area contributed by atoms with Crippen LogP contribution in [0, 0.1) is 0 Å². The van der Waals surface area contributed by atoms with Crippen molar-refractivity contribution in [2.75, 3.05) is 0 Å². The van der Waals surface area contributed by atoms with E-state index in [2.05, 4.69) is 4.98 Å². The van der Waals surface area contributed by atoms with Gasteiger partial charge in [0.15, 0.2) is 0 Å². The zero-order valence-electron chi connectivity index (χ0n) is 7.18. The van der Waals surface area contributed by atoms with Gasteiger partial charge < -0.3 is 10.0 Å². The molecular weight excluding hydrogens is 200 g/mol. The largest absolute Gasteiger partial charge is 0.489 e. The summed E-state index contributed by atoms with van der Waals surface area (Å²) >= 11 is 5.94. The van der Waals surface area contributed by atoms with Crippen LogP contribution in [0.2, 0.25) is 5.02 Å². The highest BCUT2D eigenvalue weighted by molar-refractivity contribution is 6.63. The van der Waals surface area contributed by atoms with Gasteiger partial charge >= 0.3 is 7.12 Å². The van der Waals surface area contributed by atoms with E-state index in [0.717, 1.165) is 0 Å². The highest BCUT2D eigenvalue weighted by atomic mass is 35.5. The van der Waals surface area contributed by atoms with Crippen LogP contribution in [-0.4, -0.2) is 22.2 Å². The summed E-state index contributed by atoms with van der Waals surface area (Å²) in [7, 11) is -1.53. The van der Waals surface area contributed by atoms with Crippen molar-refractivity contribution in [3.63, 3.8) is 0 Å². The Morgan fingerprint density at radius 2 is 2.00 bits per heavy atom. The second-order valence-electron chi connectivity index (χ2n) is 2.91. The molecule has 0 fully saturated rings. The molecule has 1 aromatic carbocycles. The Balaban J connectivity index is 2.84. The first kappa shape index (κ1) is 9.46. The zero-order valence-corrected chi connectivity index (χ0v) is 7.94. The van der Waals surface area contributed by atoms with E-state index in [1.165, 1.54) is 0 Å². The Morgan fingerprint density at radius 3 is 2.71 bits per heavy atom. The number of nitrogens with zero attached hydrogens (tertiary/aromatic N) is 1. The number of hydrogen-bond donors (Lipinski definition) is 2. The third-order valence-corrected chi connectivity index (χ3v) is 2.34. The van der Waals surface area contributed by atoms with E-state index in [4.69, 9.17) is 21.6 Å². The molecule has 0 spiro atoms. The summed E-state index contributed by atoms with van der Waals surface area (Å²) in [6.45, 7) is 0. The van der Waals surface area contributed by atoms with Gasteiger partial charge in [-0.1, -0.05) is 23.7 Å². The summed E-state index contributed by atoms with van der Waals surface area (Å²) in [6.07, 6.45) is 1.58. The van der Waals surface area contributed by atoms with Crippen molar-refractivity contribution >= 4 is 35.1 Å². The first-order valence-corrected chi connectivity index (χ1v) is 4.47. The van der Waals surface area contributed by atoms with E-state index in [1.54, 1.807) is 30.5 Å². The van der Waals surface area contributed by atoms with Gasteiger partial charge in [-0.15, -0.1) is 0 Å². The molecule has 0 unspecified atom stereocenters. The molecule has 14 heavy (non-hydrogen) atoms. The van der Waals surface area contributed by atoms with E-state index in [0.29, 0.717) is 21.4 Å². The lowest BCUT2D eigenvalue weighted by molar-refractivity contribution is 0.426. The Bertz CT molecular complexity index is 470. The Labute approximate surface area is 86.1 Å². The van der Waals surface area contributed by atoms with Gasteiger partial charge in [0.1, 0.15) is 0 Å². The molecule has 5 heteroatoms.